The zero-order valence-corrected chi connectivity index (χ0v) is 20.2. The summed E-state index contributed by atoms with van der Waals surface area (Å²) in [5, 5.41) is 6.52. The zero-order chi connectivity index (χ0) is 21.5. The Hall–Kier alpha value is -0.900. The Bertz CT molecular complexity index is 541. The van der Waals surface area contributed by atoms with E-state index >= 15 is 0 Å². The number of carbonyl (C=O) groups is 1. The van der Waals surface area contributed by atoms with Gasteiger partial charge in [-0.25, -0.2) is 0 Å². The second kappa shape index (κ2) is 10.8. The van der Waals surface area contributed by atoms with Gasteiger partial charge in [-0.05, 0) is 55.1 Å². The smallest absolute Gasteiger partial charge is 0.242 e. The number of carbonyl (C=O) groups excluding carboxylic acids is 1. The van der Waals surface area contributed by atoms with E-state index in [1.807, 2.05) is 11.8 Å². The first-order chi connectivity index (χ1) is 12.8. The van der Waals surface area contributed by atoms with Crippen molar-refractivity contribution in [1.82, 2.24) is 10.6 Å². The standard InChI is InChI=1S/C24H44N2OS/c1-17(2)14-21(22(27)25-16-18(3)20-10-11-20)26-19(4)15-24(8,9)12-13-28-23(5,6)7/h17,20-21,26H,3-4,10-16H2,1-2,5-9H3,(H,25,27). The van der Waals surface area contributed by atoms with Gasteiger partial charge in [0.15, 0.2) is 0 Å². The Morgan fingerprint density at radius 3 is 2.25 bits per heavy atom. The Balaban J connectivity index is 2.52. The fourth-order valence-electron chi connectivity index (χ4n) is 3.26. The van der Waals surface area contributed by atoms with Crippen molar-refractivity contribution in [2.45, 2.75) is 91.4 Å². The lowest BCUT2D eigenvalue weighted by molar-refractivity contribution is -0.123. The maximum absolute atomic E-state index is 12.8. The number of allylic oxidation sites excluding steroid dienone is 1. The molecule has 3 nitrogen and oxygen atoms in total. The fraction of sp³-hybridized carbons (Fsp3) is 0.792. The van der Waals surface area contributed by atoms with Crippen molar-refractivity contribution in [3.63, 3.8) is 0 Å². The summed E-state index contributed by atoms with van der Waals surface area (Å²) in [4.78, 5) is 12.8. The lowest BCUT2D eigenvalue weighted by Gasteiger charge is -2.30. The van der Waals surface area contributed by atoms with Crippen molar-refractivity contribution in [2.75, 3.05) is 12.3 Å². The third kappa shape index (κ3) is 11.2. The summed E-state index contributed by atoms with van der Waals surface area (Å²) in [5.74, 6) is 2.28. The van der Waals surface area contributed by atoms with Crippen LogP contribution in [0.15, 0.2) is 24.4 Å². The van der Waals surface area contributed by atoms with Crippen molar-refractivity contribution < 1.29 is 4.79 Å². The maximum atomic E-state index is 12.8. The van der Waals surface area contributed by atoms with Gasteiger partial charge in [0.05, 0.1) is 0 Å². The summed E-state index contributed by atoms with van der Waals surface area (Å²) < 4.78 is 0.302. The van der Waals surface area contributed by atoms with E-state index in [9.17, 15) is 4.79 Å². The van der Waals surface area contributed by atoms with Crippen molar-refractivity contribution in [3.05, 3.63) is 24.4 Å². The molecule has 1 unspecified atom stereocenters. The van der Waals surface area contributed by atoms with E-state index in [-0.39, 0.29) is 17.4 Å². The van der Waals surface area contributed by atoms with E-state index in [2.05, 4.69) is 72.3 Å². The fourth-order valence-corrected chi connectivity index (χ4v) is 4.53. The molecule has 1 rings (SSSR count). The Morgan fingerprint density at radius 2 is 1.75 bits per heavy atom. The molecule has 162 valence electrons. The molecule has 0 aliphatic heterocycles. The van der Waals surface area contributed by atoms with Gasteiger partial charge in [0.2, 0.25) is 5.91 Å². The summed E-state index contributed by atoms with van der Waals surface area (Å²) in [7, 11) is 0. The van der Waals surface area contributed by atoms with Crippen LogP contribution in [-0.4, -0.2) is 29.0 Å². The van der Waals surface area contributed by atoms with Crippen LogP contribution in [0.2, 0.25) is 0 Å². The average molecular weight is 409 g/mol. The first-order valence-electron chi connectivity index (χ1n) is 10.8. The van der Waals surface area contributed by atoms with E-state index in [1.165, 1.54) is 12.8 Å². The lowest BCUT2D eigenvalue weighted by Crippen LogP contribution is -2.45. The first kappa shape index (κ1) is 25.1. The molecule has 0 saturated heterocycles. The highest BCUT2D eigenvalue weighted by atomic mass is 32.2. The predicted molar refractivity (Wildman–Crippen MR) is 126 cm³/mol. The van der Waals surface area contributed by atoms with Gasteiger partial charge in [-0.2, -0.15) is 11.8 Å². The quantitative estimate of drug-likeness (QED) is 0.371. The van der Waals surface area contributed by atoms with Crippen LogP contribution in [0.5, 0.6) is 0 Å². The minimum atomic E-state index is -0.223. The van der Waals surface area contributed by atoms with Crippen molar-refractivity contribution in [3.8, 4) is 0 Å². The SMILES string of the molecule is C=C(CC(C)(C)CCSC(C)(C)C)NC(CC(C)C)C(=O)NCC(=C)C1CC1. The molecule has 0 heterocycles. The van der Waals surface area contributed by atoms with E-state index < -0.39 is 0 Å². The van der Waals surface area contributed by atoms with Crippen LogP contribution in [-0.2, 0) is 4.79 Å². The topological polar surface area (TPSA) is 41.1 Å². The third-order valence-electron chi connectivity index (χ3n) is 5.05. The van der Waals surface area contributed by atoms with Gasteiger partial charge >= 0.3 is 0 Å². The molecule has 1 aliphatic carbocycles. The molecule has 28 heavy (non-hydrogen) atoms. The molecule has 4 heteroatoms. The highest BCUT2D eigenvalue weighted by Crippen LogP contribution is 2.35. The van der Waals surface area contributed by atoms with E-state index in [1.54, 1.807) is 0 Å². The second-order valence-corrected chi connectivity index (χ2v) is 12.6. The third-order valence-corrected chi connectivity index (χ3v) is 6.33. The Kier molecular flexibility index (Phi) is 9.66. The van der Waals surface area contributed by atoms with Crippen molar-refractivity contribution >= 4 is 17.7 Å². The molecule has 1 fully saturated rings. The van der Waals surface area contributed by atoms with Crippen molar-refractivity contribution in [2.24, 2.45) is 17.3 Å². The van der Waals surface area contributed by atoms with Gasteiger partial charge in [0.25, 0.3) is 0 Å². The molecule has 0 bridgehead atoms. The van der Waals surface area contributed by atoms with E-state index in [0.29, 0.717) is 23.1 Å². The van der Waals surface area contributed by atoms with Crippen molar-refractivity contribution in [1.29, 1.82) is 0 Å². The molecule has 0 radical (unpaired) electrons. The van der Waals surface area contributed by atoms with Crippen LogP contribution in [0.3, 0.4) is 0 Å². The number of hydrogen-bond acceptors (Lipinski definition) is 3. The van der Waals surface area contributed by atoms with Gasteiger partial charge in [-0.3, -0.25) is 4.79 Å². The molecular formula is C24H44N2OS. The van der Waals surface area contributed by atoms with Crippen LogP contribution in [0.4, 0.5) is 0 Å². The molecule has 1 amide bonds. The number of nitrogens with one attached hydrogen (secondary N) is 2. The number of thioether (sulfide) groups is 1. The van der Waals surface area contributed by atoms with Gasteiger partial charge < -0.3 is 10.6 Å². The largest absolute Gasteiger partial charge is 0.378 e. The molecule has 1 saturated carbocycles. The predicted octanol–water partition coefficient (Wildman–Crippen LogP) is 5.92. The Morgan fingerprint density at radius 1 is 1.14 bits per heavy atom. The molecule has 0 aromatic heterocycles. The summed E-state index contributed by atoms with van der Waals surface area (Å²) in [6, 6.07) is -0.223. The molecule has 2 N–H and O–H groups in total. The van der Waals surface area contributed by atoms with Gasteiger partial charge in [0, 0.05) is 17.0 Å². The summed E-state index contributed by atoms with van der Waals surface area (Å²) in [6.07, 6.45) is 5.27. The Labute approximate surface area is 178 Å². The van der Waals surface area contributed by atoms with Crippen LogP contribution in [0, 0.1) is 17.3 Å². The molecule has 1 aliphatic rings. The molecular weight excluding hydrogens is 364 g/mol. The zero-order valence-electron chi connectivity index (χ0n) is 19.4. The van der Waals surface area contributed by atoms with Gasteiger partial charge in [0.1, 0.15) is 6.04 Å². The second-order valence-electron chi connectivity index (χ2n) is 10.6. The highest BCUT2D eigenvalue weighted by molar-refractivity contribution is 8.00. The first-order valence-corrected chi connectivity index (χ1v) is 11.8. The van der Waals surface area contributed by atoms with Crippen LogP contribution in [0.1, 0.15) is 80.6 Å². The van der Waals surface area contributed by atoms with Gasteiger partial charge in [-0.15, -0.1) is 0 Å². The summed E-state index contributed by atoms with van der Waals surface area (Å²) in [5.41, 5.74) is 2.29. The maximum Gasteiger partial charge on any atom is 0.242 e. The molecule has 0 spiro atoms. The molecule has 0 aromatic carbocycles. The minimum Gasteiger partial charge on any atom is -0.378 e. The van der Waals surface area contributed by atoms with E-state index in [0.717, 1.165) is 36.3 Å². The number of hydrogen-bond donors (Lipinski definition) is 2. The number of rotatable bonds is 13. The normalized spacial score (nSPS) is 16.0. The van der Waals surface area contributed by atoms with Crippen LogP contribution in [0.25, 0.3) is 0 Å². The van der Waals surface area contributed by atoms with Crippen LogP contribution >= 0.6 is 11.8 Å². The summed E-state index contributed by atoms with van der Waals surface area (Å²) in [6.45, 7) is 24.6. The molecule has 0 aromatic rings. The van der Waals surface area contributed by atoms with E-state index in [4.69, 9.17) is 0 Å². The average Bonchev–Trinajstić information content (AvgIpc) is 3.33. The summed E-state index contributed by atoms with van der Waals surface area (Å²) >= 11 is 2.01. The lowest BCUT2D eigenvalue weighted by atomic mass is 9.85. The number of amides is 1. The minimum absolute atomic E-state index is 0.0674. The van der Waals surface area contributed by atoms with Gasteiger partial charge in [-0.1, -0.05) is 67.2 Å². The van der Waals surface area contributed by atoms with Crippen LogP contribution < -0.4 is 10.6 Å². The highest BCUT2D eigenvalue weighted by Gasteiger charge is 2.27. The molecule has 1 atom stereocenters. The monoisotopic (exact) mass is 408 g/mol.